The van der Waals surface area contributed by atoms with Gasteiger partial charge < -0.3 is 5.32 Å². The monoisotopic (exact) mass is 329 g/mol. The molecule has 2 rings (SSSR count). The number of benzene rings is 2. The molecule has 0 aliphatic rings. The molecule has 0 aliphatic heterocycles. The van der Waals surface area contributed by atoms with Crippen molar-refractivity contribution in [2.75, 3.05) is 11.9 Å². The summed E-state index contributed by atoms with van der Waals surface area (Å²) in [5, 5.41) is 7.96. The second kappa shape index (κ2) is 8.34. The normalized spacial score (nSPS) is 11.2. The number of anilines is 1. The zero-order valence-corrected chi connectivity index (χ0v) is 14.0. The fraction of sp³-hybridized carbons (Fsp3) is 0.222. The van der Waals surface area contributed by atoms with Crippen molar-refractivity contribution in [3.8, 4) is 0 Å². The first-order valence-corrected chi connectivity index (χ1v) is 7.89. The van der Waals surface area contributed by atoms with Gasteiger partial charge in [-0.15, -0.1) is 0 Å². The summed E-state index contributed by atoms with van der Waals surface area (Å²) >= 11 is 6.06. The Morgan fingerprint density at radius 1 is 1.13 bits per heavy atom. The molecule has 23 heavy (non-hydrogen) atoms. The molecule has 0 heterocycles. The summed E-state index contributed by atoms with van der Waals surface area (Å²) in [5.41, 5.74) is 6.21. The molecule has 0 unspecified atom stereocenters. The van der Waals surface area contributed by atoms with Gasteiger partial charge in [0.15, 0.2) is 0 Å². The summed E-state index contributed by atoms with van der Waals surface area (Å²) < 4.78 is 0. The third-order valence-corrected chi connectivity index (χ3v) is 3.87. The van der Waals surface area contributed by atoms with E-state index in [0.717, 1.165) is 28.9 Å². The van der Waals surface area contributed by atoms with Crippen molar-refractivity contribution in [3.05, 3.63) is 64.7 Å². The number of hydrogen-bond donors (Lipinski definition) is 2. The zero-order valence-electron chi connectivity index (χ0n) is 13.3. The lowest BCUT2D eigenvalue weighted by atomic mass is 10.1. The van der Waals surface area contributed by atoms with E-state index in [2.05, 4.69) is 15.8 Å². The maximum atomic E-state index is 12.0. The number of nitrogens with one attached hydrogen (secondary N) is 2. The van der Waals surface area contributed by atoms with E-state index in [1.54, 1.807) is 0 Å². The summed E-state index contributed by atoms with van der Waals surface area (Å²) in [6.45, 7) is 4.05. The van der Waals surface area contributed by atoms with Gasteiger partial charge in [0.2, 0.25) is 0 Å². The number of hydrogen-bond acceptors (Lipinski definition) is 3. The molecule has 0 aromatic heterocycles. The largest absolute Gasteiger partial charge is 0.376 e. The van der Waals surface area contributed by atoms with Crippen LogP contribution in [-0.2, 0) is 4.79 Å². The molecule has 0 saturated carbocycles. The Kier molecular flexibility index (Phi) is 6.18. The molecule has 2 aromatic carbocycles. The molecule has 120 valence electrons. The lowest BCUT2D eigenvalue weighted by Crippen LogP contribution is -2.27. The van der Waals surface area contributed by atoms with Gasteiger partial charge in [-0.2, -0.15) is 5.10 Å². The van der Waals surface area contributed by atoms with E-state index in [1.807, 2.05) is 62.4 Å². The predicted octanol–water partition coefficient (Wildman–Crippen LogP) is 3.99. The van der Waals surface area contributed by atoms with Gasteiger partial charge >= 0.3 is 0 Å². The van der Waals surface area contributed by atoms with E-state index in [0.29, 0.717) is 5.02 Å². The van der Waals surface area contributed by atoms with E-state index in [1.165, 1.54) is 0 Å². The van der Waals surface area contributed by atoms with Gasteiger partial charge in [-0.3, -0.25) is 4.79 Å². The first-order valence-electron chi connectivity index (χ1n) is 7.51. The Morgan fingerprint density at radius 2 is 1.87 bits per heavy atom. The van der Waals surface area contributed by atoms with Crippen molar-refractivity contribution in [1.29, 1.82) is 0 Å². The molecule has 1 amide bonds. The first kappa shape index (κ1) is 17.0. The summed E-state index contributed by atoms with van der Waals surface area (Å²) in [5.74, 6) is -0.203. The summed E-state index contributed by atoms with van der Waals surface area (Å²) in [6, 6.07) is 15.4. The molecular formula is C18H20ClN3O. The second-order valence-corrected chi connectivity index (χ2v) is 5.49. The van der Waals surface area contributed by atoms with Crippen molar-refractivity contribution >= 4 is 28.9 Å². The number of hydrazone groups is 1. The molecule has 0 radical (unpaired) electrons. The van der Waals surface area contributed by atoms with Crippen molar-refractivity contribution in [3.63, 3.8) is 0 Å². The highest BCUT2D eigenvalue weighted by Crippen LogP contribution is 2.22. The van der Waals surface area contributed by atoms with E-state index in [9.17, 15) is 4.79 Å². The number of nitrogens with zero attached hydrogens (tertiary/aromatic N) is 1. The molecule has 0 fully saturated rings. The smallest absolute Gasteiger partial charge is 0.259 e. The van der Waals surface area contributed by atoms with Gasteiger partial charge in [0, 0.05) is 10.7 Å². The molecule has 4 nitrogen and oxygen atoms in total. The topological polar surface area (TPSA) is 53.5 Å². The van der Waals surface area contributed by atoms with Crippen LogP contribution in [-0.4, -0.2) is 18.2 Å². The van der Waals surface area contributed by atoms with E-state index >= 15 is 0 Å². The van der Waals surface area contributed by atoms with Crippen LogP contribution >= 0.6 is 11.6 Å². The minimum absolute atomic E-state index is 0.135. The van der Waals surface area contributed by atoms with Crippen LogP contribution in [0.3, 0.4) is 0 Å². The first-order chi connectivity index (χ1) is 11.1. The van der Waals surface area contributed by atoms with Gasteiger partial charge in [-0.05, 0) is 36.6 Å². The number of carbonyl (C=O) groups excluding carboxylic acids is 1. The van der Waals surface area contributed by atoms with Crippen LogP contribution in [0.2, 0.25) is 5.02 Å². The lowest BCUT2D eigenvalue weighted by molar-refractivity contribution is -0.119. The molecule has 0 saturated heterocycles. The van der Waals surface area contributed by atoms with Crippen LogP contribution < -0.4 is 10.7 Å². The molecule has 0 atom stereocenters. The Morgan fingerprint density at radius 3 is 2.57 bits per heavy atom. The Hall–Kier alpha value is -2.33. The lowest BCUT2D eigenvalue weighted by Gasteiger charge is -2.10. The number of rotatable bonds is 6. The van der Waals surface area contributed by atoms with E-state index in [4.69, 9.17) is 11.6 Å². The van der Waals surface area contributed by atoms with Crippen molar-refractivity contribution in [1.82, 2.24) is 5.43 Å². The fourth-order valence-electron chi connectivity index (χ4n) is 2.12. The molecule has 2 aromatic rings. The van der Waals surface area contributed by atoms with Crippen LogP contribution in [0.5, 0.6) is 0 Å². The van der Waals surface area contributed by atoms with E-state index in [-0.39, 0.29) is 12.5 Å². The zero-order chi connectivity index (χ0) is 16.7. The highest BCUT2D eigenvalue weighted by molar-refractivity contribution is 6.31. The maximum absolute atomic E-state index is 12.0. The highest BCUT2D eigenvalue weighted by Gasteiger charge is 2.05. The van der Waals surface area contributed by atoms with Crippen LogP contribution in [0.1, 0.15) is 24.5 Å². The molecule has 5 heteroatoms. The quantitative estimate of drug-likeness (QED) is 0.622. The van der Waals surface area contributed by atoms with E-state index < -0.39 is 0 Å². The van der Waals surface area contributed by atoms with Gasteiger partial charge in [0.25, 0.3) is 5.91 Å². The third-order valence-electron chi connectivity index (χ3n) is 3.46. The number of amides is 1. The average molecular weight is 330 g/mol. The molecule has 2 N–H and O–H groups in total. The fourth-order valence-corrected chi connectivity index (χ4v) is 2.30. The summed E-state index contributed by atoms with van der Waals surface area (Å²) in [7, 11) is 0. The van der Waals surface area contributed by atoms with Crippen molar-refractivity contribution < 1.29 is 4.79 Å². The third kappa shape index (κ3) is 4.83. The number of carbonyl (C=O) groups is 1. The van der Waals surface area contributed by atoms with Crippen LogP contribution in [0.25, 0.3) is 0 Å². The Balaban J connectivity index is 1.94. The summed E-state index contributed by atoms with van der Waals surface area (Å²) in [4.78, 5) is 12.0. The summed E-state index contributed by atoms with van der Waals surface area (Å²) in [6.07, 6.45) is 0.741. The number of halogens is 1. The van der Waals surface area contributed by atoms with Crippen molar-refractivity contribution in [2.24, 2.45) is 5.10 Å². The Labute approximate surface area is 141 Å². The van der Waals surface area contributed by atoms with Gasteiger partial charge in [0.05, 0.1) is 12.3 Å². The highest BCUT2D eigenvalue weighted by atomic mass is 35.5. The average Bonchev–Trinajstić information content (AvgIpc) is 2.58. The maximum Gasteiger partial charge on any atom is 0.259 e. The van der Waals surface area contributed by atoms with Crippen molar-refractivity contribution in [2.45, 2.75) is 20.3 Å². The molecular weight excluding hydrogens is 310 g/mol. The molecule has 0 bridgehead atoms. The van der Waals surface area contributed by atoms with Gasteiger partial charge in [-0.25, -0.2) is 5.43 Å². The SMILES string of the molecule is CC/C(=N\NC(=O)CNc1cccc(Cl)c1C)c1ccccc1. The predicted molar refractivity (Wildman–Crippen MR) is 96.1 cm³/mol. The van der Waals surface area contributed by atoms with Gasteiger partial charge in [0.1, 0.15) is 0 Å². The van der Waals surface area contributed by atoms with Crippen LogP contribution in [0.15, 0.2) is 53.6 Å². The minimum atomic E-state index is -0.203. The standard InChI is InChI=1S/C18H20ClN3O/c1-3-16(14-8-5-4-6-9-14)21-22-18(23)12-20-17-11-7-10-15(19)13(17)2/h4-11,20H,3,12H2,1-2H3,(H,22,23)/b21-16+. The molecule has 0 aliphatic carbocycles. The second-order valence-electron chi connectivity index (χ2n) is 5.08. The Bertz CT molecular complexity index is 699. The van der Waals surface area contributed by atoms with Crippen LogP contribution in [0.4, 0.5) is 5.69 Å². The van der Waals surface area contributed by atoms with Crippen LogP contribution in [0, 0.1) is 6.92 Å². The minimum Gasteiger partial charge on any atom is -0.376 e. The van der Waals surface area contributed by atoms with Gasteiger partial charge in [-0.1, -0.05) is 54.9 Å². The molecule has 0 spiro atoms.